The van der Waals surface area contributed by atoms with E-state index in [2.05, 4.69) is 10.6 Å². The maximum Gasteiger partial charge on any atom is 0.322 e. The van der Waals surface area contributed by atoms with Gasteiger partial charge in [-0.2, -0.15) is 0 Å². The molecule has 8 nitrogen and oxygen atoms in total. The number of benzene rings is 1. The van der Waals surface area contributed by atoms with E-state index in [4.69, 9.17) is 10.2 Å². The van der Waals surface area contributed by atoms with E-state index < -0.39 is 0 Å². The van der Waals surface area contributed by atoms with E-state index in [1.807, 2.05) is 34.9 Å². The van der Waals surface area contributed by atoms with Crippen LogP contribution in [-0.2, 0) is 0 Å². The van der Waals surface area contributed by atoms with E-state index in [1.54, 1.807) is 0 Å². The van der Waals surface area contributed by atoms with E-state index in [1.165, 1.54) is 0 Å². The monoisotopic (exact) mass is 432 g/mol. The topological polar surface area (TPSA) is 105 Å². The zero-order chi connectivity index (χ0) is 22.2. The average molecular weight is 433 g/mol. The van der Waals surface area contributed by atoms with Crippen molar-refractivity contribution >= 4 is 23.4 Å². The molecule has 2 fully saturated rings. The van der Waals surface area contributed by atoms with Gasteiger partial charge in [-0.15, -0.1) is 0 Å². The van der Waals surface area contributed by atoms with Gasteiger partial charge in [0.05, 0.1) is 0 Å². The first-order chi connectivity index (χ1) is 15.0. The predicted molar refractivity (Wildman–Crippen MR) is 121 cm³/mol. The molecule has 2 aliphatic rings. The molecule has 1 aromatic rings. The van der Waals surface area contributed by atoms with E-state index in [-0.39, 0.29) is 37.4 Å². The van der Waals surface area contributed by atoms with Crippen molar-refractivity contribution in [1.29, 1.82) is 0 Å². The van der Waals surface area contributed by atoms with Crippen LogP contribution in [0.2, 0.25) is 0 Å². The second kappa shape index (κ2) is 11.3. The highest BCUT2D eigenvalue weighted by molar-refractivity contribution is 5.94. The summed E-state index contributed by atoms with van der Waals surface area (Å²) >= 11 is 0. The van der Waals surface area contributed by atoms with Crippen LogP contribution in [0.5, 0.6) is 0 Å². The van der Waals surface area contributed by atoms with Gasteiger partial charge < -0.3 is 30.6 Å². The van der Waals surface area contributed by atoms with Gasteiger partial charge in [0.25, 0.3) is 0 Å². The molecule has 0 aliphatic heterocycles. The third kappa shape index (κ3) is 7.11. The minimum absolute atomic E-state index is 0.129. The van der Waals surface area contributed by atoms with E-state index in [9.17, 15) is 9.59 Å². The zero-order valence-corrected chi connectivity index (χ0v) is 18.5. The largest absolute Gasteiger partial charge is 0.396 e. The Morgan fingerprint density at radius 1 is 0.871 bits per heavy atom. The number of anilines is 2. The molecular formula is C23H36N4O4. The molecule has 4 amide bonds. The van der Waals surface area contributed by atoms with Crippen molar-refractivity contribution in [3.8, 4) is 0 Å². The van der Waals surface area contributed by atoms with Crippen LogP contribution >= 0.6 is 0 Å². The number of carbonyl (C=O) groups excluding carboxylic acids is 2. The Balaban J connectivity index is 1.61. The number of nitrogens with zero attached hydrogens (tertiary/aromatic N) is 2. The number of hydrogen-bond donors (Lipinski definition) is 4. The number of aliphatic hydroxyl groups is 2. The van der Waals surface area contributed by atoms with Gasteiger partial charge in [-0.05, 0) is 76.0 Å². The van der Waals surface area contributed by atoms with Crippen LogP contribution in [0.1, 0.15) is 56.9 Å². The standard InChI is InChI=1S/C23H36N4O4/c1-17-6-7-18(24-22(30)26(19-8-9-19)12-2-4-14-28)16-21(17)25-23(31)27(20-10-11-20)13-3-5-15-29/h6-7,16,19-20,28-29H,2-5,8-15H2,1H3,(H,24,30)(H,25,31). The number of hydrogen-bond acceptors (Lipinski definition) is 4. The minimum Gasteiger partial charge on any atom is -0.396 e. The Labute approximate surface area is 184 Å². The molecule has 0 bridgehead atoms. The Morgan fingerprint density at radius 2 is 1.39 bits per heavy atom. The summed E-state index contributed by atoms with van der Waals surface area (Å²) in [6.07, 6.45) is 7.03. The molecule has 1 aromatic carbocycles. The molecule has 0 spiro atoms. The van der Waals surface area contributed by atoms with Gasteiger partial charge in [0.2, 0.25) is 0 Å². The fourth-order valence-corrected chi connectivity index (χ4v) is 3.68. The van der Waals surface area contributed by atoms with Crippen molar-refractivity contribution in [1.82, 2.24) is 9.80 Å². The summed E-state index contributed by atoms with van der Waals surface area (Å²) < 4.78 is 0. The Bertz CT molecular complexity index is 749. The number of rotatable bonds is 12. The van der Waals surface area contributed by atoms with E-state index in [0.29, 0.717) is 37.3 Å². The van der Waals surface area contributed by atoms with E-state index in [0.717, 1.165) is 44.1 Å². The number of urea groups is 2. The van der Waals surface area contributed by atoms with Crippen LogP contribution in [0.4, 0.5) is 21.0 Å². The number of unbranched alkanes of at least 4 members (excludes halogenated alkanes) is 2. The normalized spacial score (nSPS) is 15.5. The molecule has 0 heterocycles. The highest BCUT2D eigenvalue weighted by atomic mass is 16.3. The quantitative estimate of drug-likeness (QED) is 0.379. The van der Waals surface area contributed by atoms with Gasteiger partial charge in [-0.1, -0.05) is 6.07 Å². The molecule has 0 atom stereocenters. The highest BCUT2D eigenvalue weighted by Crippen LogP contribution is 2.30. The Morgan fingerprint density at radius 3 is 1.87 bits per heavy atom. The average Bonchev–Trinajstić information content (AvgIpc) is 3.65. The number of amides is 4. The summed E-state index contributed by atoms with van der Waals surface area (Å²) in [6.45, 7) is 3.48. The number of aryl methyl sites for hydroxylation is 1. The van der Waals surface area contributed by atoms with Crippen LogP contribution < -0.4 is 10.6 Å². The van der Waals surface area contributed by atoms with Crippen molar-refractivity contribution < 1.29 is 19.8 Å². The maximum atomic E-state index is 12.9. The van der Waals surface area contributed by atoms with Crippen molar-refractivity contribution in [2.45, 2.75) is 70.4 Å². The molecule has 2 saturated carbocycles. The van der Waals surface area contributed by atoms with Gasteiger partial charge in [0, 0.05) is 49.8 Å². The fraction of sp³-hybridized carbons (Fsp3) is 0.652. The van der Waals surface area contributed by atoms with Crippen LogP contribution in [0.3, 0.4) is 0 Å². The number of carbonyl (C=O) groups is 2. The SMILES string of the molecule is Cc1ccc(NC(=O)N(CCCCO)C2CC2)cc1NC(=O)N(CCCCO)C1CC1. The van der Waals surface area contributed by atoms with Crippen LogP contribution in [-0.4, -0.2) is 70.5 Å². The van der Waals surface area contributed by atoms with Crippen molar-refractivity contribution in [2.75, 3.05) is 36.9 Å². The molecule has 0 saturated heterocycles. The van der Waals surface area contributed by atoms with Crippen molar-refractivity contribution in [2.24, 2.45) is 0 Å². The first-order valence-electron chi connectivity index (χ1n) is 11.5. The highest BCUT2D eigenvalue weighted by Gasteiger charge is 2.33. The maximum absolute atomic E-state index is 12.9. The first kappa shape index (κ1) is 23.3. The summed E-state index contributed by atoms with van der Waals surface area (Å²) in [6, 6.07) is 5.86. The van der Waals surface area contributed by atoms with Gasteiger partial charge in [-0.25, -0.2) is 9.59 Å². The summed E-state index contributed by atoms with van der Waals surface area (Å²) in [5.41, 5.74) is 2.27. The second-order valence-corrected chi connectivity index (χ2v) is 8.60. The number of aliphatic hydroxyl groups excluding tert-OH is 2. The lowest BCUT2D eigenvalue weighted by atomic mass is 10.2. The van der Waals surface area contributed by atoms with E-state index >= 15 is 0 Å². The number of nitrogens with one attached hydrogen (secondary N) is 2. The van der Waals surface area contributed by atoms with Crippen molar-refractivity contribution in [3.63, 3.8) is 0 Å². The molecule has 31 heavy (non-hydrogen) atoms. The Hall–Kier alpha value is -2.32. The molecule has 3 rings (SSSR count). The molecule has 172 valence electrons. The summed E-state index contributed by atoms with van der Waals surface area (Å²) in [5.74, 6) is 0. The van der Waals surface area contributed by atoms with Gasteiger partial charge in [0.15, 0.2) is 0 Å². The third-order valence-electron chi connectivity index (χ3n) is 5.84. The lowest BCUT2D eigenvalue weighted by Crippen LogP contribution is -2.38. The molecule has 2 aliphatic carbocycles. The van der Waals surface area contributed by atoms with Crippen LogP contribution in [0, 0.1) is 6.92 Å². The van der Waals surface area contributed by atoms with Gasteiger partial charge >= 0.3 is 12.1 Å². The Kier molecular flexibility index (Phi) is 8.54. The molecule has 0 aromatic heterocycles. The second-order valence-electron chi connectivity index (χ2n) is 8.60. The van der Waals surface area contributed by atoms with Gasteiger partial charge in [0.1, 0.15) is 0 Å². The summed E-state index contributed by atoms with van der Waals surface area (Å²) in [7, 11) is 0. The third-order valence-corrected chi connectivity index (χ3v) is 5.84. The summed E-state index contributed by atoms with van der Waals surface area (Å²) in [5, 5.41) is 24.0. The first-order valence-corrected chi connectivity index (χ1v) is 11.5. The van der Waals surface area contributed by atoms with Crippen molar-refractivity contribution in [3.05, 3.63) is 23.8 Å². The predicted octanol–water partition coefficient (Wildman–Crippen LogP) is 3.53. The molecular weight excluding hydrogens is 396 g/mol. The lowest BCUT2D eigenvalue weighted by Gasteiger charge is -2.24. The smallest absolute Gasteiger partial charge is 0.322 e. The molecule has 8 heteroatoms. The van der Waals surface area contributed by atoms with Gasteiger partial charge in [-0.3, -0.25) is 0 Å². The fourth-order valence-electron chi connectivity index (χ4n) is 3.68. The molecule has 0 unspecified atom stereocenters. The zero-order valence-electron chi connectivity index (χ0n) is 18.5. The van der Waals surface area contributed by atoms with Crippen LogP contribution in [0.15, 0.2) is 18.2 Å². The summed E-state index contributed by atoms with van der Waals surface area (Å²) in [4.78, 5) is 29.4. The molecule has 4 N–H and O–H groups in total. The minimum atomic E-state index is -0.134. The van der Waals surface area contributed by atoms with Crippen LogP contribution in [0.25, 0.3) is 0 Å². The molecule has 0 radical (unpaired) electrons. The lowest BCUT2D eigenvalue weighted by molar-refractivity contribution is 0.203.